The van der Waals surface area contributed by atoms with Gasteiger partial charge in [0.25, 0.3) is 0 Å². The second-order valence-corrected chi connectivity index (χ2v) is 6.67. The molecule has 0 bridgehead atoms. The van der Waals surface area contributed by atoms with Crippen LogP contribution in [-0.4, -0.2) is 37.7 Å². The molecule has 1 aromatic rings. The summed E-state index contributed by atoms with van der Waals surface area (Å²) in [6.45, 7) is 2.38. The van der Waals surface area contributed by atoms with E-state index in [2.05, 4.69) is 10.6 Å². The monoisotopic (exact) mass is 315 g/mol. The molecule has 1 aromatic carbocycles. The first-order valence-corrected chi connectivity index (χ1v) is 8.22. The minimum Gasteiger partial charge on any atom is -0.381 e. The number of hydrogen-bond acceptors (Lipinski definition) is 3. The smallest absolute Gasteiger partial charge is 0.319 e. The zero-order chi connectivity index (χ0) is 15.9. The van der Waals surface area contributed by atoms with Crippen molar-refractivity contribution in [1.29, 1.82) is 0 Å². The maximum absolute atomic E-state index is 12.1. The van der Waals surface area contributed by atoms with Crippen LogP contribution in [0, 0.1) is 5.41 Å². The Hall–Kier alpha value is -2.08. The highest BCUT2D eigenvalue weighted by atomic mass is 16.5. The van der Waals surface area contributed by atoms with Crippen LogP contribution < -0.4 is 15.5 Å². The Bertz CT molecular complexity index is 622. The summed E-state index contributed by atoms with van der Waals surface area (Å²) >= 11 is 0. The van der Waals surface area contributed by atoms with Gasteiger partial charge in [-0.2, -0.15) is 0 Å². The topological polar surface area (TPSA) is 70.7 Å². The summed E-state index contributed by atoms with van der Waals surface area (Å²) in [6, 6.07) is 7.50. The molecule has 2 aliphatic heterocycles. The molecule has 1 aliphatic carbocycles. The number of anilines is 2. The molecule has 2 N–H and O–H groups in total. The maximum Gasteiger partial charge on any atom is 0.319 e. The number of urea groups is 1. The van der Waals surface area contributed by atoms with E-state index in [1.165, 1.54) is 0 Å². The van der Waals surface area contributed by atoms with Crippen LogP contribution in [0.1, 0.15) is 25.7 Å². The maximum atomic E-state index is 12.1. The van der Waals surface area contributed by atoms with Crippen molar-refractivity contribution in [3.8, 4) is 0 Å². The van der Waals surface area contributed by atoms with Crippen molar-refractivity contribution < 1.29 is 14.3 Å². The van der Waals surface area contributed by atoms with Crippen LogP contribution in [-0.2, 0) is 9.53 Å². The lowest BCUT2D eigenvalue weighted by Gasteiger charge is -2.30. The molecule has 1 atom stereocenters. The zero-order valence-corrected chi connectivity index (χ0v) is 13.0. The Morgan fingerprint density at radius 2 is 1.96 bits per heavy atom. The van der Waals surface area contributed by atoms with E-state index in [1.807, 2.05) is 24.3 Å². The first-order valence-electron chi connectivity index (χ1n) is 8.22. The first-order chi connectivity index (χ1) is 11.2. The lowest BCUT2D eigenvalue weighted by Crippen LogP contribution is -2.43. The first kappa shape index (κ1) is 14.5. The minimum absolute atomic E-state index is 0.152. The molecule has 6 heteroatoms. The van der Waals surface area contributed by atoms with Gasteiger partial charge in [0.15, 0.2) is 0 Å². The molecule has 122 valence electrons. The van der Waals surface area contributed by atoms with Crippen molar-refractivity contribution in [3.05, 3.63) is 24.3 Å². The van der Waals surface area contributed by atoms with Crippen molar-refractivity contribution in [2.45, 2.75) is 31.7 Å². The van der Waals surface area contributed by atoms with Crippen molar-refractivity contribution in [1.82, 2.24) is 5.32 Å². The standard InChI is InChI=1S/C17H21N3O3/c21-15-5-8-20(15)13-3-1-12(2-4-13)18-16(22)19-14-11-17(14)6-9-23-10-7-17/h1-4,14H,5-11H2,(H2,18,19,22). The molecule has 2 heterocycles. The van der Waals surface area contributed by atoms with Crippen LogP contribution in [0.2, 0.25) is 0 Å². The van der Waals surface area contributed by atoms with E-state index in [0.717, 1.165) is 50.4 Å². The number of nitrogens with zero attached hydrogens (tertiary/aromatic N) is 1. The molecule has 1 saturated carbocycles. The predicted molar refractivity (Wildman–Crippen MR) is 86.5 cm³/mol. The molecule has 2 saturated heterocycles. The molecule has 6 nitrogen and oxygen atoms in total. The number of nitrogens with one attached hydrogen (secondary N) is 2. The van der Waals surface area contributed by atoms with E-state index >= 15 is 0 Å². The van der Waals surface area contributed by atoms with Gasteiger partial charge in [-0.3, -0.25) is 4.79 Å². The van der Waals surface area contributed by atoms with Crippen molar-refractivity contribution in [3.63, 3.8) is 0 Å². The lowest BCUT2D eigenvalue weighted by atomic mass is 9.96. The average molecular weight is 315 g/mol. The van der Waals surface area contributed by atoms with Crippen molar-refractivity contribution in [2.24, 2.45) is 5.41 Å². The van der Waals surface area contributed by atoms with Gasteiger partial charge in [-0.25, -0.2) is 4.79 Å². The highest BCUT2D eigenvalue weighted by Gasteiger charge is 2.55. The Labute approximate surface area is 135 Å². The summed E-state index contributed by atoms with van der Waals surface area (Å²) in [7, 11) is 0. The van der Waals surface area contributed by atoms with Gasteiger partial charge >= 0.3 is 6.03 Å². The minimum atomic E-state index is -0.161. The van der Waals surface area contributed by atoms with Gasteiger partial charge in [-0.15, -0.1) is 0 Å². The molecule has 3 fully saturated rings. The van der Waals surface area contributed by atoms with Gasteiger partial charge in [-0.05, 0) is 48.9 Å². The second kappa shape index (κ2) is 5.53. The van der Waals surface area contributed by atoms with Gasteiger partial charge in [0.2, 0.25) is 5.91 Å². The van der Waals surface area contributed by atoms with Gasteiger partial charge < -0.3 is 20.3 Å². The Morgan fingerprint density at radius 3 is 2.57 bits per heavy atom. The van der Waals surface area contributed by atoms with Gasteiger partial charge in [0.05, 0.1) is 0 Å². The molecular weight excluding hydrogens is 294 g/mol. The molecule has 1 spiro atoms. The van der Waals surface area contributed by atoms with Gasteiger partial charge in [0.1, 0.15) is 0 Å². The summed E-state index contributed by atoms with van der Waals surface area (Å²) in [6.07, 6.45) is 3.75. The molecule has 1 unspecified atom stereocenters. The third-order valence-corrected chi connectivity index (χ3v) is 5.27. The van der Waals surface area contributed by atoms with E-state index in [4.69, 9.17) is 4.74 Å². The van der Waals surface area contributed by atoms with Crippen LogP contribution in [0.3, 0.4) is 0 Å². The molecule has 0 aromatic heterocycles. The van der Waals surface area contributed by atoms with E-state index in [0.29, 0.717) is 6.42 Å². The fourth-order valence-corrected chi connectivity index (χ4v) is 3.52. The number of benzene rings is 1. The summed E-state index contributed by atoms with van der Waals surface area (Å²) in [5.74, 6) is 0.152. The largest absolute Gasteiger partial charge is 0.381 e. The number of carbonyl (C=O) groups is 2. The number of carbonyl (C=O) groups excluding carboxylic acids is 2. The van der Waals surface area contributed by atoms with E-state index in [1.54, 1.807) is 4.90 Å². The summed E-state index contributed by atoms with van der Waals surface area (Å²) < 4.78 is 5.39. The third-order valence-electron chi connectivity index (χ3n) is 5.27. The fourth-order valence-electron chi connectivity index (χ4n) is 3.52. The Morgan fingerprint density at radius 1 is 1.22 bits per heavy atom. The van der Waals surface area contributed by atoms with Gasteiger partial charge in [0, 0.05) is 43.6 Å². The van der Waals surface area contributed by atoms with Crippen molar-refractivity contribution >= 4 is 23.3 Å². The lowest BCUT2D eigenvalue weighted by molar-refractivity contribution is -0.122. The zero-order valence-electron chi connectivity index (χ0n) is 13.0. The van der Waals surface area contributed by atoms with Crippen LogP contribution in [0.25, 0.3) is 0 Å². The highest BCUT2D eigenvalue weighted by Crippen LogP contribution is 2.53. The van der Waals surface area contributed by atoms with Crippen LogP contribution in [0.15, 0.2) is 24.3 Å². The highest BCUT2D eigenvalue weighted by molar-refractivity contribution is 5.99. The number of ether oxygens (including phenoxy) is 1. The number of β-lactam (4-membered cyclic amide) rings is 1. The number of amides is 3. The van der Waals surface area contributed by atoms with Gasteiger partial charge in [-0.1, -0.05) is 0 Å². The van der Waals surface area contributed by atoms with Crippen LogP contribution in [0.5, 0.6) is 0 Å². The van der Waals surface area contributed by atoms with Crippen LogP contribution >= 0.6 is 0 Å². The Balaban J connectivity index is 1.30. The average Bonchev–Trinajstić information content (AvgIpc) is 3.19. The van der Waals surface area contributed by atoms with E-state index < -0.39 is 0 Å². The van der Waals surface area contributed by atoms with E-state index in [-0.39, 0.29) is 23.4 Å². The normalized spacial score (nSPS) is 25.0. The molecular formula is C17H21N3O3. The number of rotatable bonds is 3. The molecule has 4 rings (SSSR count). The SMILES string of the molecule is O=C(Nc1ccc(N2CCC2=O)cc1)NC1CC12CCOCC2. The second-order valence-electron chi connectivity index (χ2n) is 6.67. The molecule has 3 aliphatic rings. The summed E-state index contributed by atoms with van der Waals surface area (Å²) in [4.78, 5) is 25.3. The van der Waals surface area contributed by atoms with Crippen LogP contribution in [0.4, 0.5) is 16.2 Å². The molecule has 0 radical (unpaired) electrons. The third kappa shape index (κ3) is 2.79. The fraction of sp³-hybridized carbons (Fsp3) is 0.529. The number of hydrogen-bond donors (Lipinski definition) is 2. The Kier molecular flexibility index (Phi) is 3.49. The predicted octanol–water partition coefficient (Wildman–Crippen LogP) is 2.11. The van der Waals surface area contributed by atoms with E-state index in [9.17, 15) is 9.59 Å². The molecule has 3 amide bonds. The summed E-state index contributed by atoms with van der Waals surface area (Å²) in [5.41, 5.74) is 1.90. The summed E-state index contributed by atoms with van der Waals surface area (Å²) in [5, 5.41) is 5.92. The van der Waals surface area contributed by atoms with Crippen molar-refractivity contribution in [2.75, 3.05) is 30.0 Å². The quantitative estimate of drug-likeness (QED) is 0.839. The molecule has 23 heavy (non-hydrogen) atoms.